The van der Waals surface area contributed by atoms with Gasteiger partial charge < -0.3 is 4.90 Å². The Morgan fingerprint density at radius 1 is 1.29 bits per heavy atom. The van der Waals surface area contributed by atoms with E-state index in [1.807, 2.05) is 18.9 Å². The summed E-state index contributed by atoms with van der Waals surface area (Å²) >= 11 is 5.98. The number of nitrogens with zero attached hydrogens (tertiary/aromatic N) is 1. The van der Waals surface area contributed by atoms with Crippen LogP contribution in [-0.4, -0.2) is 29.8 Å². The summed E-state index contributed by atoms with van der Waals surface area (Å²) < 4.78 is 0. The molecular formula is C14H26ClNO. The fourth-order valence-corrected chi connectivity index (χ4v) is 3.41. The second-order valence-electron chi connectivity index (χ2n) is 6.05. The number of halogens is 1. The van der Waals surface area contributed by atoms with Gasteiger partial charge in [0.2, 0.25) is 5.91 Å². The number of hydrogen-bond donors (Lipinski definition) is 0. The molecule has 1 atom stereocenters. The van der Waals surface area contributed by atoms with Crippen LogP contribution in [0.3, 0.4) is 0 Å². The van der Waals surface area contributed by atoms with Crippen molar-refractivity contribution >= 4 is 17.5 Å². The highest BCUT2D eigenvalue weighted by molar-refractivity contribution is 6.20. The highest BCUT2D eigenvalue weighted by Crippen LogP contribution is 2.44. The van der Waals surface area contributed by atoms with Gasteiger partial charge in [-0.25, -0.2) is 0 Å². The van der Waals surface area contributed by atoms with Gasteiger partial charge in [0.1, 0.15) is 0 Å². The zero-order valence-electron chi connectivity index (χ0n) is 11.6. The number of carbonyl (C=O) groups is 1. The van der Waals surface area contributed by atoms with Gasteiger partial charge in [0, 0.05) is 24.4 Å². The van der Waals surface area contributed by atoms with E-state index in [2.05, 4.69) is 13.8 Å². The van der Waals surface area contributed by atoms with Crippen molar-refractivity contribution < 1.29 is 4.79 Å². The molecule has 2 nitrogen and oxygen atoms in total. The molecule has 1 unspecified atom stereocenters. The van der Waals surface area contributed by atoms with Crippen molar-refractivity contribution in [3.8, 4) is 0 Å². The van der Waals surface area contributed by atoms with Crippen molar-refractivity contribution in [3.05, 3.63) is 0 Å². The third kappa shape index (κ3) is 3.87. The van der Waals surface area contributed by atoms with Gasteiger partial charge in [-0.05, 0) is 32.1 Å². The molecule has 1 saturated carbocycles. The van der Waals surface area contributed by atoms with Crippen molar-refractivity contribution in [2.45, 2.75) is 58.3 Å². The Morgan fingerprint density at radius 3 is 2.24 bits per heavy atom. The van der Waals surface area contributed by atoms with Gasteiger partial charge in [0.05, 0.1) is 0 Å². The summed E-state index contributed by atoms with van der Waals surface area (Å²) in [5, 5.41) is 0.0291. The van der Waals surface area contributed by atoms with Crippen molar-refractivity contribution in [2.75, 3.05) is 13.6 Å². The molecule has 0 heterocycles. The lowest BCUT2D eigenvalue weighted by molar-refractivity contribution is -0.141. The van der Waals surface area contributed by atoms with Gasteiger partial charge in [-0.3, -0.25) is 4.79 Å². The second kappa shape index (κ2) is 6.08. The number of alkyl halides is 1. The Balaban J connectivity index is 2.73. The first-order chi connectivity index (χ1) is 7.87. The lowest BCUT2D eigenvalue weighted by Gasteiger charge is -2.34. The van der Waals surface area contributed by atoms with Crippen LogP contribution in [0.5, 0.6) is 0 Å². The Bertz CT molecular complexity index is 257. The molecule has 100 valence electrons. The Morgan fingerprint density at radius 2 is 1.82 bits per heavy atom. The van der Waals surface area contributed by atoms with Crippen LogP contribution >= 0.6 is 11.6 Å². The average Bonchev–Trinajstić information content (AvgIpc) is 2.64. The van der Waals surface area contributed by atoms with Gasteiger partial charge in [-0.2, -0.15) is 0 Å². The van der Waals surface area contributed by atoms with Gasteiger partial charge in [-0.15, -0.1) is 11.6 Å². The monoisotopic (exact) mass is 259 g/mol. The van der Waals surface area contributed by atoms with E-state index in [-0.39, 0.29) is 10.8 Å². The van der Waals surface area contributed by atoms with Crippen molar-refractivity contribution in [1.29, 1.82) is 0 Å². The summed E-state index contributed by atoms with van der Waals surface area (Å²) in [5.74, 6) is 0.898. The summed E-state index contributed by atoms with van der Waals surface area (Å²) in [6.45, 7) is 7.00. The second-order valence-corrected chi connectivity index (χ2v) is 6.80. The first-order valence-corrected chi connectivity index (χ1v) is 7.21. The minimum absolute atomic E-state index is 0.0291. The molecule has 0 bridgehead atoms. The van der Waals surface area contributed by atoms with Gasteiger partial charge in [-0.1, -0.05) is 26.7 Å². The van der Waals surface area contributed by atoms with Crippen LogP contribution in [0.25, 0.3) is 0 Å². The number of amides is 1. The van der Waals surface area contributed by atoms with E-state index in [1.54, 1.807) is 0 Å². The van der Waals surface area contributed by atoms with E-state index in [4.69, 9.17) is 11.6 Å². The first-order valence-electron chi connectivity index (χ1n) is 6.77. The largest absolute Gasteiger partial charge is 0.344 e. The van der Waals surface area contributed by atoms with Crippen molar-refractivity contribution in [3.63, 3.8) is 0 Å². The summed E-state index contributed by atoms with van der Waals surface area (Å²) in [6.07, 6.45) is 5.54. The van der Waals surface area contributed by atoms with Crippen LogP contribution in [-0.2, 0) is 4.79 Å². The van der Waals surface area contributed by atoms with Gasteiger partial charge >= 0.3 is 0 Å². The molecule has 0 saturated heterocycles. The third-order valence-electron chi connectivity index (χ3n) is 3.69. The predicted molar refractivity (Wildman–Crippen MR) is 73.3 cm³/mol. The Hall–Kier alpha value is -0.240. The number of hydrogen-bond acceptors (Lipinski definition) is 1. The Labute approximate surface area is 111 Å². The van der Waals surface area contributed by atoms with Crippen molar-refractivity contribution in [2.24, 2.45) is 11.3 Å². The lowest BCUT2D eigenvalue weighted by Crippen LogP contribution is -2.43. The minimum atomic E-state index is -0.0886. The molecule has 0 aromatic heterocycles. The molecule has 1 rings (SSSR count). The maximum Gasteiger partial charge on any atom is 0.228 e. The molecule has 0 radical (unpaired) electrons. The van der Waals surface area contributed by atoms with Crippen LogP contribution in [0.2, 0.25) is 0 Å². The number of carbonyl (C=O) groups excluding carboxylic acids is 1. The molecule has 0 aromatic carbocycles. The molecule has 17 heavy (non-hydrogen) atoms. The molecule has 0 aromatic rings. The highest BCUT2D eigenvalue weighted by Gasteiger charge is 2.42. The van der Waals surface area contributed by atoms with Crippen LogP contribution in [0.4, 0.5) is 0 Å². The van der Waals surface area contributed by atoms with Gasteiger partial charge in [0.15, 0.2) is 0 Å². The topological polar surface area (TPSA) is 20.3 Å². The van der Waals surface area contributed by atoms with E-state index in [9.17, 15) is 4.79 Å². The fraction of sp³-hybridized carbons (Fsp3) is 0.929. The summed E-state index contributed by atoms with van der Waals surface area (Å²) in [5.41, 5.74) is -0.0886. The molecule has 1 aliphatic carbocycles. The summed E-state index contributed by atoms with van der Waals surface area (Å²) in [4.78, 5) is 14.4. The molecule has 3 heteroatoms. The van der Waals surface area contributed by atoms with Crippen molar-refractivity contribution in [1.82, 2.24) is 4.90 Å². The average molecular weight is 260 g/mol. The van der Waals surface area contributed by atoms with Crippen LogP contribution in [0.1, 0.15) is 52.9 Å². The van der Waals surface area contributed by atoms with E-state index < -0.39 is 0 Å². The molecular weight excluding hydrogens is 234 g/mol. The maximum atomic E-state index is 12.6. The highest BCUT2D eigenvalue weighted by atomic mass is 35.5. The summed E-state index contributed by atoms with van der Waals surface area (Å²) in [7, 11) is 1.89. The lowest BCUT2D eigenvalue weighted by atomic mass is 9.77. The Kier molecular flexibility index (Phi) is 5.30. The van der Waals surface area contributed by atoms with E-state index >= 15 is 0 Å². The normalized spacial score (nSPS) is 20.6. The fourth-order valence-electron chi connectivity index (χ4n) is 3.20. The van der Waals surface area contributed by atoms with E-state index in [0.29, 0.717) is 18.4 Å². The molecule has 0 N–H and O–H groups in total. The van der Waals surface area contributed by atoms with Crippen LogP contribution in [0.15, 0.2) is 0 Å². The SMILES string of the molecule is CC(C)CC1(C(=O)N(C)CC(C)Cl)CCCC1. The van der Waals surface area contributed by atoms with E-state index in [0.717, 1.165) is 19.3 Å². The minimum Gasteiger partial charge on any atom is -0.344 e. The predicted octanol–water partition coefficient (Wildman–Crippen LogP) is 3.68. The zero-order chi connectivity index (χ0) is 13.1. The molecule has 0 spiro atoms. The molecule has 1 aliphatic rings. The van der Waals surface area contributed by atoms with E-state index in [1.165, 1.54) is 12.8 Å². The van der Waals surface area contributed by atoms with Crippen LogP contribution < -0.4 is 0 Å². The van der Waals surface area contributed by atoms with Gasteiger partial charge in [0.25, 0.3) is 0 Å². The molecule has 1 amide bonds. The zero-order valence-corrected chi connectivity index (χ0v) is 12.4. The maximum absolute atomic E-state index is 12.6. The third-order valence-corrected chi connectivity index (χ3v) is 3.82. The quantitative estimate of drug-likeness (QED) is 0.690. The summed E-state index contributed by atoms with van der Waals surface area (Å²) in [6, 6.07) is 0. The molecule has 0 aliphatic heterocycles. The van der Waals surface area contributed by atoms with Crippen LogP contribution in [0, 0.1) is 11.3 Å². The molecule has 1 fully saturated rings. The smallest absolute Gasteiger partial charge is 0.228 e. The number of rotatable bonds is 5. The first kappa shape index (κ1) is 14.8. The standard InChI is InChI=1S/C14H26ClNO/c1-11(2)9-14(7-5-6-8-14)13(17)16(4)10-12(3)15/h11-12H,5-10H2,1-4H3.